The van der Waals surface area contributed by atoms with Gasteiger partial charge in [-0.15, -0.1) is 0 Å². The van der Waals surface area contributed by atoms with Crippen LogP contribution in [-0.4, -0.2) is 26.5 Å². The summed E-state index contributed by atoms with van der Waals surface area (Å²) in [5, 5.41) is 0. The second-order valence-corrected chi connectivity index (χ2v) is 5.77. The smallest absolute Gasteiger partial charge is 0.224 e. The van der Waals surface area contributed by atoms with Crippen molar-refractivity contribution in [2.45, 2.75) is 25.8 Å². The van der Waals surface area contributed by atoms with Crippen LogP contribution in [0.4, 0.5) is 11.8 Å². The van der Waals surface area contributed by atoms with Crippen LogP contribution in [0.2, 0.25) is 0 Å². The summed E-state index contributed by atoms with van der Waals surface area (Å²) in [6.45, 7) is 3.09. The molecule has 22 heavy (non-hydrogen) atoms. The second kappa shape index (κ2) is 4.98. The highest BCUT2D eigenvalue weighted by Crippen LogP contribution is 2.37. The zero-order chi connectivity index (χ0) is 15.1. The first-order valence-corrected chi connectivity index (χ1v) is 7.52. The molecule has 1 atom stereocenters. The number of nitrogens with two attached hydrogens (primary N) is 1. The second-order valence-electron chi connectivity index (χ2n) is 5.77. The molecule has 1 saturated heterocycles. The van der Waals surface area contributed by atoms with Crippen LogP contribution in [0.5, 0.6) is 0 Å². The number of imidazole rings is 1. The fourth-order valence-corrected chi connectivity index (χ4v) is 3.29. The number of aryl methyl sites for hydroxylation is 1. The fraction of sp³-hybridized carbons (Fsp3) is 0.312. The zero-order valence-electron chi connectivity index (χ0n) is 12.5. The van der Waals surface area contributed by atoms with E-state index < -0.39 is 0 Å². The molecule has 4 rings (SSSR count). The number of nitrogen functional groups attached to an aromatic ring is 1. The van der Waals surface area contributed by atoms with E-state index in [9.17, 15) is 0 Å². The first kappa shape index (κ1) is 13.1. The lowest BCUT2D eigenvalue weighted by molar-refractivity contribution is 0.712. The standard InChI is InChI=1S/C16H18N6/c1-10-4-2-5-11(8-10)12-6-3-7-22(12)15-13-14(19-9-18-13)20-16(17)21-15/h2,4-5,8-9,12H,3,6-7H2,1H3,(H3,17,18,19,20,21). The molecule has 0 saturated carbocycles. The van der Waals surface area contributed by atoms with E-state index in [2.05, 4.69) is 56.0 Å². The summed E-state index contributed by atoms with van der Waals surface area (Å²) in [5.41, 5.74) is 9.93. The summed E-state index contributed by atoms with van der Waals surface area (Å²) in [6.07, 6.45) is 3.89. The molecule has 1 unspecified atom stereocenters. The van der Waals surface area contributed by atoms with E-state index in [0.717, 1.165) is 30.7 Å². The van der Waals surface area contributed by atoms with Crippen molar-refractivity contribution >= 4 is 22.9 Å². The molecule has 6 heteroatoms. The van der Waals surface area contributed by atoms with Crippen LogP contribution in [0.15, 0.2) is 30.6 Å². The third-order valence-electron chi connectivity index (χ3n) is 4.24. The van der Waals surface area contributed by atoms with Crippen molar-refractivity contribution < 1.29 is 0 Å². The molecule has 0 bridgehead atoms. The van der Waals surface area contributed by atoms with Crippen LogP contribution in [0, 0.1) is 6.92 Å². The summed E-state index contributed by atoms with van der Waals surface area (Å²) >= 11 is 0. The van der Waals surface area contributed by atoms with Gasteiger partial charge in [0, 0.05) is 6.54 Å². The summed E-state index contributed by atoms with van der Waals surface area (Å²) in [4.78, 5) is 18.3. The summed E-state index contributed by atoms with van der Waals surface area (Å²) < 4.78 is 0. The average molecular weight is 294 g/mol. The van der Waals surface area contributed by atoms with E-state index in [1.54, 1.807) is 6.33 Å². The van der Waals surface area contributed by atoms with Crippen LogP contribution >= 0.6 is 0 Å². The van der Waals surface area contributed by atoms with Gasteiger partial charge in [-0.1, -0.05) is 29.8 Å². The van der Waals surface area contributed by atoms with Gasteiger partial charge in [-0.3, -0.25) is 0 Å². The zero-order valence-corrected chi connectivity index (χ0v) is 12.5. The van der Waals surface area contributed by atoms with Gasteiger partial charge in [0.1, 0.15) is 5.52 Å². The Morgan fingerprint density at radius 2 is 2.23 bits per heavy atom. The molecule has 112 valence electrons. The van der Waals surface area contributed by atoms with Gasteiger partial charge in [0.2, 0.25) is 5.95 Å². The maximum Gasteiger partial charge on any atom is 0.224 e. The molecule has 1 aromatic carbocycles. The number of benzene rings is 1. The number of aromatic amines is 1. The van der Waals surface area contributed by atoms with Crippen molar-refractivity contribution in [3.05, 3.63) is 41.7 Å². The predicted octanol–water partition coefficient (Wildman–Crippen LogP) is 2.59. The lowest BCUT2D eigenvalue weighted by atomic mass is 10.0. The number of rotatable bonds is 2. The molecule has 2 aromatic heterocycles. The molecule has 1 aliphatic heterocycles. The topological polar surface area (TPSA) is 83.7 Å². The first-order chi connectivity index (χ1) is 10.7. The van der Waals surface area contributed by atoms with E-state index >= 15 is 0 Å². The Labute approximate surface area is 128 Å². The third-order valence-corrected chi connectivity index (χ3v) is 4.24. The molecule has 1 aliphatic rings. The maximum absolute atomic E-state index is 5.86. The molecule has 0 amide bonds. The van der Waals surface area contributed by atoms with Crippen molar-refractivity contribution in [2.75, 3.05) is 17.2 Å². The number of hydrogen-bond donors (Lipinski definition) is 2. The van der Waals surface area contributed by atoms with E-state index in [-0.39, 0.29) is 5.95 Å². The number of aromatic nitrogens is 4. The Morgan fingerprint density at radius 1 is 1.32 bits per heavy atom. The number of H-pyrrole nitrogens is 1. The van der Waals surface area contributed by atoms with E-state index in [0.29, 0.717) is 11.7 Å². The van der Waals surface area contributed by atoms with E-state index in [1.807, 2.05) is 0 Å². The molecule has 0 spiro atoms. The number of nitrogens with one attached hydrogen (secondary N) is 1. The number of nitrogens with zero attached hydrogens (tertiary/aromatic N) is 4. The first-order valence-electron chi connectivity index (χ1n) is 7.52. The van der Waals surface area contributed by atoms with Crippen LogP contribution in [0.25, 0.3) is 11.2 Å². The normalized spacial score (nSPS) is 18.2. The number of fused-ring (bicyclic) bond motifs is 1. The lowest BCUT2D eigenvalue weighted by Gasteiger charge is -2.26. The van der Waals surface area contributed by atoms with Gasteiger partial charge in [0.05, 0.1) is 12.4 Å². The minimum Gasteiger partial charge on any atom is -0.368 e. The predicted molar refractivity (Wildman–Crippen MR) is 86.6 cm³/mol. The van der Waals surface area contributed by atoms with Crippen LogP contribution < -0.4 is 10.6 Å². The largest absolute Gasteiger partial charge is 0.368 e. The van der Waals surface area contributed by atoms with Gasteiger partial charge in [-0.25, -0.2) is 4.98 Å². The number of hydrogen-bond acceptors (Lipinski definition) is 5. The molecular weight excluding hydrogens is 276 g/mol. The minimum atomic E-state index is 0.268. The Kier molecular flexibility index (Phi) is 2.96. The molecule has 6 nitrogen and oxygen atoms in total. The van der Waals surface area contributed by atoms with Crippen LogP contribution in [-0.2, 0) is 0 Å². The monoisotopic (exact) mass is 294 g/mol. The molecule has 3 N–H and O–H groups in total. The maximum atomic E-state index is 5.86. The van der Waals surface area contributed by atoms with E-state index in [4.69, 9.17) is 5.73 Å². The van der Waals surface area contributed by atoms with Gasteiger partial charge < -0.3 is 15.6 Å². The van der Waals surface area contributed by atoms with Crippen molar-refractivity contribution in [1.82, 2.24) is 19.9 Å². The molecule has 1 fully saturated rings. The average Bonchev–Trinajstić information content (AvgIpc) is 3.15. The highest BCUT2D eigenvalue weighted by atomic mass is 15.3. The quantitative estimate of drug-likeness (QED) is 0.759. The van der Waals surface area contributed by atoms with Crippen molar-refractivity contribution in [1.29, 1.82) is 0 Å². The summed E-state index contributed by atoms with van der Waals surface area (Å²) in [5.74, 6) is 1.12. The summed E-state index contributed by atoms with van der Waals surface area (Å²) in [7, 11) is 0. The molecule has 3 heterocycles. The Morgan fingerprint density at radius 3 is 3.09 bits per heavy atom. The van der Waals surface area contributed by atoms with Gasteiger partial charge in [0.25, 0.3) is 0 Å². The minimum absolute atomic E-state index is 0.268. The van der Waals surface area contributed by atoms with Crippen molar-refractivity contribution in [3.63, 3.8) is 0 Å². The third kappa shape index (κ3) is 2.07. The van der Waals surface area contributed by atoms with Crippen LogP contribution in [0.3, 0.4) is 0 Å². The molecule has 0 aliphatic carbocycles. The molecular formula is C16H18N6. The molecule has 0 radical (unpaired) electrons. The fourth-order valence-electron chi connectivity index (χ4n) is 3.29. The highest BCUT2D eigenvalue weighted by Gasteiger charge is 2.29. The van der Waals surface area contributed by atoms with E-state index in [1.165, 1.54) is 11.1 Å². The van der Waals surface area contributed by atoms with Crippen molar-refractivity contribution in [2.24, 2.45) is 0 Å². The highest BCUT2D eigenvalue weighted by molar-refractivity contribution is 5.84. The van der Waals surface area contributed by atoms with Gasteiger partial charge in [-0.05, 0) is 25.3 Å². The number of anilines is 2. The SMILES string of the molecule is Cc1cccc(C2CCCN2c2nc(N)nc3nc[nH]c23)c1. The van der Waals surface area contributed by atoms with Gasteiger partial charge >= 0.3 is 0 Å². The molecule has 3 aromatic rings. The van der Waals surface area contributed by atoms with Gasteiger partial charge in [-0.2, -0.15) is 9.97 Å². The Bertz CT molecular complexity index is 824. The van der Waals surface area contributed by atoms with Gasteiger partial charge in [0.15, 0.2) is 11.5 Å². The lowest BCUT2D eigenvalue weighted by Crippen LogP contribution is -2.24. The van der Waals surface area contributed by atoms with Crippen LogP contribution in [0.1, 0.15) is 30.0 Å². The Balaban J connectivity index is 1.81. The van der Waals surface area contributed by atoms with Crippen molar-refractivity contribution in [3.8, 4) is 0 Å². The Hall–Kier alpha value is -2.63. The summed E-state index contributed by atoms with van der Waals surface area (Å²) in [6, 6.07) is 8.99.